The number of imidazole rings is 1. The molecule has 14 nitrogen and oxygen atoms in total. The van der Waals surface area contributed by atoms with Crippen LogP contribution in [-0.2, 0) is 19.6 Å². The first-order chi connectivity index (χ1) is 17.8. The van der Waals surface area contributed by atoms with E-state index < -0.39 is 27.9 Å². The van der Waals surface area contributed by atoms with Crippen molar-refractivity contribution < 1.29 is 27.3 Å². The number of fused-ring (bicyclic) bond motifs is 1. The van der Waals surface area contributed by atoms with E-state index in [0.717, 1.165) is 0 Å². The number of H-pyrrole nitrogens is 2. The van der Waals surface area contributed by atoms with Gasteiger partial charge in [0, 0.05) is 30.9 Å². The fourth-order valence-electron chi connectivity index (χ4n) is 3.65. The summed E-state index contributed by atoms with van der Waals surface area (Å²) in [4.78, 5) is 32.5. The molecule has 15 heteroatoms. The number of aryl methyl sites for hydroxylation is 2. The molecule has 4 aromatic rings. The summed E-state index contributed by atoms with van der Waals surface area (Å²) in [6.07, 6.45) is 5.20. The van der Waals surface area contributed by atoms with Gasteiger partial charge in [-0.1, -0.05) is 11.2 Å². The van der Waals surface area contributed by atoms with Crippen LogP contribution < -0.4 is 15.4 Å². The maximum atomic E-state index is 13.0. The van der Waals surface area contributed by atoms with Gasteiger partial charge in [0.1, 0.15) is 16.6 Å². The monoisotopic (exact) mass is 530 g/mol. The Morgan fingerprint density at radius 2 is 2.08 bits per heavy atom. The van der Waals surface area contributed by atoms with Crippen LogP contribution in [0, 0.1) is 13.8 Å². The molecule has 1 atom stereocenters. The van der Waals surface area contributed by atoms with Gasteiger partial charge in [-0.3, -0.25) is 14.7 Å². The summed E-state index contributed by atoms with van der Waals surface area (Å²) in [7, 11) is -4.22. The Kier molecular flexibility index (Phi) is 7.83. The quantitative estimate of drug-likeness (QED) is 0.130. The Labute approximate surface area is 211 Å². The molecule has 1 aromatic carbocycles. The molecule has 0 aliphatic carbocycles. The largest absolute Gasteiger partial charge is 0.464 e. The van der Waals surface area contributed by atoms with Gasteiger partial charge in [-0.15, -0.1) is 0 Å². The molecule has 0 saturated carbocycles. The molecule has 3 heterocycles. The maximum Gasteiger partial charge on any atom is 0.326 e. The van der Waals surface area contributed by atoms with Crippen LogP contribution in [0.2, 0.25) is 0 Å². The highest BCUT2D eigenvalue weighted by atomic mass is 32.2. The smallest absolute Gasteiger partial charge is 0.326 e. The Morgan fingerprint density at radius 1 is 1.24 bits per heavy atom. The maximum absolute atomic E-state index is 13.0. The summed E-state index contributed by atoms with van der Waals surface area (Å²) in [5, 5.41) is 16.6. The lowest BCUT2D eigenvalue weighted by Gasteiger charge is -2.18. The first kappa shape index (κ1) is 25.8. The van der Waals surface area contributed by atoms with Gasteiger partial charge in [0.05, 0.1) is 23.9 Å². The highest BCUT2D eigenvalue weighted by Gasteiger charge is 2.31. The Hall–Kier alpha value is -4.24. The molecule has 0 radical (unpaired) electrons. The van der Waals surface area contributed by atoms with Crippen LogP contribution in [0.25, 0.3) is 10.9 Å². The third-order valence-corrected chi connectivity index (χ3v) is 7.09. The predicted octanol–water partition coefficient (Wildman–Crippen LogP) is 1.01. The number of rotatable bonds is 12. The van der Waals surface area contributed by atoms with E-state index in [1.54, 1.807) is 30.6 Å². The lowest BCUT2D eigenvalue weighted by atomic mass is 10.1. The lowest BCUT2D eigenvalue weighted by Crippen LogP contribution is -2.49. The minimum Gasteiger partial charge on any atom is -0.464 e. The van der Waals surface area contributed by atoms with E-state index in [-0.39, 0.29) is 29.5 Å². The van der Waals surface area contributed by atoms with Crippen molar-refractivity contribution in [2.24, 2.45) is 0 Å². The number of hydrogen-bond acceptors (Lipinski definition) is 10. The Morgan fingerprint density at radius 3 is 2.81 bits per heavy atom. The third-order valence-electron chi connectivity index (χ3n) is 5.37. The number of amides is 1. The van der Waals surface area contributed by atoms with Crippen LogP contribution in [0.3, 0.4) is 0 Å². The number of esters is 1. The molecule has 1 unspecified atom stereocenters. The van der Waals surface area contributed by atoms with Gasteiger partial charge in [0.15, 0.2) is 11.7 Å². The lowest BCUT2D eigenvalue weighted by molar-refractivity contribution is -0.145. The van der Waals surface area contributed by atoms with E-state index in [9.17, 15) is 18.0 Å². The molecule has 0 aliphatic rings. The number of nitrogens with zero attached hydrogens (tertiary/aromatic N) is 3. The van der Waals surface area contributed by atoms with Crippen LogP contribution in [-0.4, -0.2) is 71.4 Å². The van der Waals surface area contributed by atoms with Crippen LogP contribution in [0.15, 0.2) is 46.2 Å². The summed E-state index contributed by atoms with van der Waals surface area (Å²) in [5.41, 5.74) is 1.11. The first-order valence-electron chi connectivity index (χ1n) is 11.3. The number of ether oxygens (including phenoxy) is 1. The van der Waals surface area contributed by atoms with E-state index >= 15 is 0 Å². The van der Waals surface area contributed by atoms with E-state index in [1.807, 2.05) is 0 Å². The third kappa shape index (κ3) is 6.13. The summed E-state index contributed by atoms with van der Waals surface area (Å²) in [6.45, 7) is 3.03. The highest BCUT2D eigenvalue weighted by molar-refractivity contribution is 7.89. The zero-order chi connectivity index (χ0) is 26.4. The molecule has 37 heavy (non-hydrogen) atoms. The van der Waals surface area contributed by atoms with E-state index in [2.05, 4.69) is 40.7 Å². The number of hydrogen-bond donors (Lipinski definition) is 5. The van der Waals surface area contributed by atoms with Gasteiger partial charge >= 0.3 is 5.97 Å². The molecule has 0 aliphatic heterocycles. The van der Waals surface area contributed by atoms with Crippen molar-refractivity contribution in [3.8, 4) is 0 Å². The van der Waals surface area contributed by atoms with Crippen molar-refractivity contribution in [3.05, 3.63) is 53.8 Å². The van der Waals surface area contributed by atoms with Crippen molar-refractivity contribution in [1.82, 2.24) is 35.4 Å². The number of nitrogens with one attached hydrogen (secondary N) is 5. The van der Waals surface area contributed by atoms with Crippen LogP contribution in [0.1, 0.15) is 28.2 Å². The topological polar surface area (TPSA) is 197 Å². The minimum atomic E-state index is -4.22. The fourth-order valence-corrected chi connectivity index (χ4v) is 5.16. The van der Waals surface area contributed by atoms with E-state index in [4.69, 9.17) is 9.26 Å². The number of carbonyl (C=O) groups excluding carboxylic acids is 2. The van der Waals surface area contributed by atoms with E-state index in [0.29, 0.717) is 35.4 Å². The van der Waals surface area contributed by atoms with Crippen molar-refractivity contribution in [1.29, 1.82) is 0 Å². The summed E-state index contributed by atoms with van der Waals surface area (Å²) in [6, 6.07) is 3.63. The molecule has 196 valence electrons. The minimum absolute atomic E-state index is 0.0123. The van der Waals surface area contributed by atoms with Gasteiger partial charge in [0.25, 0.3) is 5.91 Å². The molecular weight excluding hydrogens is 504 g/mol. The molecule has 1 amide bonds. The first-order valence-corrected chi connectivity index (χ1v) is 12.8. The molecule has 4 rings (SSSR count). The molecule has 0 spiro atoms. The number of benzene rings is 1. The van der Waals surface area contributed by atoms with Crippen LogP contribution in [0.5, 0.6) is 0 Å². The average molecular weight is 531 g/mol. The van der Waals surface area contributed by atoms with Crippen molar-refractivity contribution in [2.45, 2.75) is 31.2 Å². The van der Waals surface area contributed by atoms with Crippen molar-refractivity contribution in [3.63, 3.8) is 0 Å². The van der Waals surface area contributed by atoms with Gasteiger partial charge < -0.3 is 24.9 Å². The summed E-state index contributed by atoms with van der Waals surface area (Å²) < 4.78 is 38.7. The SMILES string of the molecule is Cc1noc(C)c1S(=O)(=O)NC(CNC(=O)c1cccc2[nH]ncc12)C(=O)OCCCNc1ncc[nH]1. The summed E-state index contributed by atoms with van der Waals surface area (Å²) >= 11 is 0. The van der Waals surface area contributed by atoms with Gasteiger partial charge in [0.2, 0.25) is 10.0 Å². The predicted molar refractivity (Wildman–Crippen MR) is 131 cm³/mol. The van der Waals surface area contributed by atoms with Crippen molar-refractivity contribution >= 4 is 38.8 Å². The van der Waals surface area contributed by atoms with Crippen LogP contribution in [0.4, 0.5) is 5.95 Å². The van der Waals surface area contributed by atoms with Gasteiger partial charge in [-0.05, 0) is 32.4 Å². The molecule has 0 fully saturated rings. The zero-order valence-corrected chi connectivity index (χ0v) is 20.9. The van der Waals surface area contributed by atoms with Gasteiger partial charge in [-0.2, -0.15) is 9.82 Å². The second kappa shape index (κ2) is 11.2. The second-order valence-corrected chi connectivity index (χ2v) is 9.71. The number of anilines is 1. The standard InChI is InChI=1S/C22H26N8O6S/c1-13-19(14(2)36-29-13)37(33,34)30-18(21(32)35-10-4-7-23-22-24-8-9-25-22)12-26-20(31)15-5-3-6-17-16(15)11-27-28-17/h3,5-6,8-9,11,18,30H,4,7,10,12H2,1-2H3,(H,26,31)(H,27,28)(H2,23,24,25). The molecule has 0 saturated heterocycles. The molecular formula is C22H26N8O6S. The Bertz CT molecular complexity index is 1460. The number of sulfonamides is 1. The molecule has 3 aromatic heterocycles. The Balaban J connectivity index is 1.43. The van der Waals surface area contributed by atoms with Crippen molar-refractivity contribution in [2.75, 3.05) is 25.0 Å². The second-order valence-electron chi connectivity index (χ2n) is 8.06. The van der Waals surface area contributed by atoms with E-state index in [1.165, 1.54) is 20.0 Å². The fraction of sp³-hybridized carbons (Fsp3) is 0.318. The number of aromatic amines is 2. The summed E-state index contributed by atoms with van der Waals surface area (Å²) in [5.74, 6) is -0.720. The normalized spacial score (nSPS) is 12.4. The average Bonchev–Trinajstić information content (AvgIpc) is 3.62. The number of aromatic nitrogens is 5. The number of carbonyl (C=O) groups is 2. The van der Waals surface area contributed by atoms with Crippen LogP contribution >= 0.6 is 0 Å². The highest BCUT2D eigenvalue weighted by Crippen LogP contribution is 2.19. The molecule has 0 bridgehead atoms. The molecule has 5 N–H and O–H groups in total. The zero-order valence-electron chi connectivity index (χ0n) is 20.1. The van der Waals surface area contributed by atoms with Gasteiger partial charge in [-0.25, -0.2) is 13.4 Å².